The molecule has 0 bridgehead atoms. The van der Waals surface area contributed by atoms with E-state index in [2.05, 4.69) is 18.7 Å². The highest BCUT2D eigenvalue weighted by Gasteiger charge is 2.06. The monoisotopic (exact) mass is 247 g/mol. The van der Waals surface area contributed by atoms with Crippen LogP contribution in [0.4, 0.5) is 5.69 Å². The van der Waals surface area contributed by atoms with E-state index in [-0.39, 0.29) is 5.57 Å². The summed E-state index contributed by atoms with van der Waals surface area (Å²) in [5.41, 5.74) is 1.54. The van der Waals surface area contributed by atoms with E-state index in [0.29, 0.717) is 11.8 Å². The summed E-state index contributed by atoms with van der Waals surface area (Å²) >= 11 is 0. The maximum Gasteiger partial charge on any atom is 0.339 e. The Balaban J connectivity index is 2.95. The summed E-state index contributed by atoms with van der Waals surface area (Å²) in [6, 6.07) is 7.45. The first-order valence-corrected chi connectivity index (χ1v) is 5.87. The highest BCUT2D eigenvalue weighted by Crippen LogP contribution is 2.16. The van der Waals surface area contributed by atoms with Crippen LogP contribution in [0.5, 0.6) is 0 Å². The molecule has 0 saturated carbocycles. The predicted molar refractivity (Wildman–Crippen MR) is 71.7 cm³/mol. The second-order valence-electron chi connectivity index (χ2n) is 3.79. The summed E-state index contributed by atoms with van der Waals surface area (Å²) in [7, 11) is 0. The van der Waals surface area contributed by atoms with Gasteiger partial charge < -0.3 is 10.0 Å². The topological polar surface area (TPSA) is 57.6 Å². The number of anilines is 1. The number of carbonyl (C=O) groups is 2. The molecule has 0 atom stereocenters. The van der Waals surface area contributed by atoms with Crippen molar-refractivity contribution in [2.75, 3.05) is 18.0 Å². The fourth-order valence-corrected chi connectivity index (χ4v) is 1.70. The number of carboxylic acid groups (broad SMARTS) is 1. The summed E-state index contributed by atoms with van der Waals surface area (Å²) in [5.74, 6) is -1.21. The van der Waals surface area contributed by atoms with Crippen molar-refractivity contribution in [1.29, 1.82) is 0 Å². The van der Waals surface area contributed by atoms with Gasteiger partial charge in [0.2, 0.25) is 0 Å². The van der Waals surface area contributed by atoms with E-state index in [1.807, 2.05) is 12.1 Å². The molecule has 18 heavy (non-hydrogen) atoms. The molecule has 0 spiro atoms. The number of hydrogen-bond donors (Lipinski definition) is 1. The van der Waals surface area contributed by atoms with E-state index in [1.54, 1.807) is 12.1 Å². The average molecular weight is 247 g/mol. The van der Waals surface area contributed by atoms with Crippen LogP contribution in [0.25, 0.3) is 6.08 Å². The molecule has 0 amide bonds. The maximum absolute atomic E-state index is 10.7. The van der Waals surface area contributed by atoms with E-state index in [1.165, 1.54) is 6.08 Å². The van der Waals surface area contributed by atoms with Gasteiger partial charge in [-0.1, -0.05) is 12.1 Å². The largest absolute Gasteiger partial charge is 0.478 e. The lowest BCUT2D eigenvalue weighted by atomic mass is 10.1. The molecule has 4 nitrogen and oxygen atoms in total. The van der Waals surface area contributed by atoms with Crippen LogP contribution in [0.1, 0.15) is 19.4 Å². The van der Waals surface area contributed by atoms with Crippen molar-refractivity contribution in [1.82, 2.24) is 0 Å². The molecule has 0 aliphatic carbocycles. The first-order valence-electron chi connectivity index (χ1n) is 5.87. The van der Waals surface area contributed by atoms with E-state index < -0.39 is 5.97 Å². The molecule has 1 aromatic carbocycles. The normalized spacial score (nSPS) is 11.1. The number of hydrogen-bond acceptors (Lipinski definition) is 3. The molecule has 4 heteroatoms. The van der Waals surface area contributed by atoms with Crippen molar-refractivity contribution < 1.29 is 14.7 Å². The number of rotatable bonds is 6. The summed E-state index contributed by atoms with van der Waals surface area (Å²) in [6.45, 7) is 5.99. The van der Waals surface area contributed by atoms with Crippen LogP contribution in [-0.2, 0) is 9.59 Å². The van der Waals surface area contributed by atoms with Crippen molar-refractivity contribution in [3.05, 3.63) is 35.4 Å². The lowest BCUT2D eigenvalue weighted by Crippen LogP contribution is -2.21. The Kier molecular flexibility index (Phi) is 5.11. The third kappa shape index (κ3) is 3.45. The van der Waals surface area contributed by atoms with E-state index in [9.17, 15) is 9.59 Å². The number of nitrogens with zero attached hydrogens (tertiary/aromatic N) is 1. The van der Waals surface area contributed by atoms with Crippen molar-refractivity contribution >= 4 is 24.0 Å². The molecule has 1 aromatic rings. The lowest BCUT2D eigenvalue weighted by molar-refractivity contribution is -0.133. The molecule has 0 aliphatic heterocycles. The average Bonchev–Trinajstić information content (AvgIpc) is 2.38. The minimum Gasteiger partial charge on any atom is -0.478 e. The van der Waals surface area contributed by atoms with Crippen LogP contribution in [0.15, 0.2) is 29.8 Å². The number of carboxylic acids is 1. The van der Waals surface area contributed by atoms with Gasteiger partial charge in [0.15, 0.2) is 6.29 Å². The number of aldehydes is 1. The smallest absolute Gasteiger partial charge is 0.339 e. The summed E-state index contributed by atoms with van der Waals surface area (Å²) in [5, 5.41) is 8.75. The predicted octanol–water partition coefficient (Wildman–Crippen LogP) is 2.20. The van der Waals surface area contributed by atoms with E-state index >= 15 is 0 Å². The molecule has 96 valence electrons. The fraction of sp³-hybridized carbons (Fsp3) is 0.286. The van der Waals surface area contributed by atoms with Gasteiger partial charge in [-0.2, -0.15) is 0 Å². The number of carbonyl (C=O) groups excluding carboxylic acids is 1. The minimum absolute atomic E-state index is 0.245. The Morgan fingerprint density at radius 3 is 2.17 bits per heavy atom. The quantitative estimate of drug-likeness (QED) is 0.362. The van der Waals surface area contributed by atoms with Gasteiger partial charge in [0.25, 0.3) is 0 Å². The Labute approximate surface area is 107 Å². The van der Waals surface area contributed by atoms with Gasteiger partial charge in [0.1, 0.15) is 0 Å². The molecular weight excluding hydrogens is 230 g/mol. The molecule has 0 aromatic heterocycles. The summed E-state index contributed by atoms with van der Waals surface area (Å²) in [6.07, 6.45) is 1.71. The molecule has 0 heterocycles. The standard InChI is InChI=1S/C14H17NO3/c1-3-15(4-2)13-7-5-11(6-8-13)9-12(10-16)14(17)18/h5-10H,3-4H2,1-2H3,(H,17,18)/b12-9+. The third-order valence-electron chi connectivity index (χ3n) is 2.72. The summed E-state index contributed by atoms with van der Waals surface area (Å²) in [4.78, 5) is 23.4. The molecule has 0 unspecified atom stereocenters. The van der Waals surface area contributed by atoms with Gasteiger partial charge in [-0.15, -0.1) is 0 Å². The van der Waals surface area contributed by atoms with Gasteiger partial charge in [0, 0.05) is 18.8 Å². The van der Waals surface area contributed by atoms with Crippen molar-refractivity contribution in [2.24, 2.45) is 0 Å². The van der Waals surface area contributed by atoms with Crippen LogP contribution in [0.3, 0.4) is 0 Å². The Hall–Kier alpha value is -2.10. The van der Waals surface area contributed by atoms with Crippen molar-refractivity contribution in [3.63, 3.8) is 0 Å². The molecular formula is C14H17NO3. The zero-order chi connectivity index (χ0) is 13.5. The van der Waals surface area contributed by atoms with Gasteiger partial charge in [-0.25, -0.2) is 4.79 Å². The number of benzene rings is 1. The first kappa shape index (κ1) is 14.0. The highest BCUT2D eigenvalue weighted by atomic mass is 16.4. The fourth-order valence-electron chi connectivity index (χ4n) is 1.70. The van der Waals surface area contributed by atoms with Gasteiger partial charge in [-0.3, -0.25) is 4.79 Å². The Morgan fingerprint density at radius 1 is 1.22 bits per heavy atom. The van der Waals surface area contributed by atoms with Crippen LogP contribution >= 0.6 is 0 Å². The zero-order valence-electron chi connectivity index (χ0n) is 10.6. The maximum atomic E-state index is 10.7. The molecule has 0 aliphatic rings. The SMILES string of the molecule is CCN(CC)c1ccc(/C=C(\C=O)C(=O)O)cc1. The zero-order valence-corrected chi connectivity index (χ0v) is 10.6. The van der Waals surface area contributed by atoms with E-state index in [4.69, 9.17) is 5.11 Å². The highest BCUT2D eigenvalue weighted by molar-refractivity contribution is 6.10. The van der Waals surface area contributed by atoms with Gasteiger partial charge >= 0.3 is 5.97 Å². The molecule has 0 fully saturated rings. The Morgan fingerprint density at radius 2 is 1.78 bits per heavy atom. The van der Waals surface area contributed by atoms with Gasteiger partial charge in [-0.05, 0) is 37.6 Å². The summed E-state index contributed by atoms with van der Waals surface area (Å²) < 4.78 is 0. The first-order chi connectivity index (χ1) is 8.62. The van der Waals surface area contributed by atoms with Crippen LogP contribution in [0.2, 0.25) is 0 Å². The lowest BCUT2D eigenvalue weighted by Gasteiger charge is -2.20. The van der Waals surface area contributed by atoms with Crippen LogP contribution in [0, 0.1) is 0 Å². The van der Waals surface area contributed by atoms with Crippen LogP contribution < -0.4 is 4.90 Å². The van der Waals surface area contributed by atoms with Crippen LogP contribution in [-0.4, -0.2) is 30.5 Å². The molecule has 1 N–H and O–H groups in total. The molecule has 0 radical (unpaired) electrons. The molecule has 1 rings (SSSR count). The minimum atomic E-state index is -1.21. The Bertz CT molecular complexity index is 445. The number of aliphatic carboxylic acids is 1. The van der Waals surface area contributed by atoms with Crippen molar-refractivity contribution in [2.45, 2.75) is 13.8 Å². The molecule has 0 saturated heterocycles. The van der Waals surface area contributed by atoms with Crippen molar-refractivity contribution in [3.8, 4) is 0 Å². The van der Waals surface area contributed by atoms with E-state index in [0.717, 1.165) is 18.8 Å². The van der Waals surface area contributed by atoms with Gasteiger partial charge in [0.05, 0.1) is 5.57 Å². The third-order valence-corrected chi connectivity index (χ3v) is 2.72. The second-order valence-corrected chi connectivity index (χ2v) is 3.79. The second kappa shape index (κ2) is 6.59.